The van der Waals surface area contributed by atoms with Crippen molar-refractivity contribution in [1.29, 1.82) is 0 Å². The first kappa shape index (κ1) is 14.3. The maximum absolute atomic E-state index is 5.62. The van der Waals surface area contributed by atoms with Crippen LogP contribution in [0.2, 0.25) is 0 Å². The van der Waals surface area contributed by atoms with E-state index in [1.807, 2.05) is 12.1 Å². The van der Waals surface area contributed by atoms with E-state index < -0.39 is 0 Å². The van der Waals surface area contributed by atoms with E-state index >= 15 is 0 Å². The molecule has 1 aliphatic heterocycles. The molecule has 0 amide bonds. The first-order valence-electron chi connectivity index (χ1n) is 7.17. The highest BCUT2D eigenvalue weighted by atomic mass is 79.9. The minimum atomic E-state index is 0.622. The van der Waals surface area contributed by atoms with E-state index in [2.05, 4.69) is 52.4 Å². The smallest absolute Gasteiger partial charge is 0.161 e. The molecule has 2 aromatic carbocycles. The fraction of sp³-hybridized carbons (Fsp3) is 0.294. The van der Waals surface area contributed by atoms with Crippen molar-refractivity contribution in [1.82, 2.24) is 0 Å². The maximum atomic E-state index is 5.62. The number of benzene rings is 2. The van der Waals surface area contributed by atoms with Crippen LogP contribution in [0.25, 0.3) is 0 Å². The second-order valence-corrected chi connectivity index (χ2v) is 5.90. The first-order valence-corrected chi connectivity index (χ1v) is 7.96. The first-order chi connectivity index (χ1) is 10.3. The Balaban J connectivity index is 1.73. The Kier molecular flexibility index (Phi) is 4.34. The van der Waals surface area contributed by atoms with Crippen LogP contribution in [0.4, 0.5) is 5.69 Å². The van der Waals surface area contributed by atoms with Gasteiger partial charge in [0, 0.05) is 16.7 Å². The lowest BCUT2D eigenvalue weighted by Gasteiger charge is -2.19. The summed E-state index contributed by atoms with van der Waals surface area (Å²) in [6, 6.07) is 12.4. The molecule has 0 bridgehead atoms. The fourth-order valence-corrected chi connectivity index (χ4v) is 2.83. The highest BCUT2D eigenvalue weighted by Gasteiger charge is 2.11. The summed E-state index contributed by atoms with van der Waals surface area (Å²) >= 11 is 3.52. The third-order valence-corrected chi connectivity index (χ3v) is 4.03. The molecule has 3 rings (SSSR count). The van der Waals surface area contributed by atoms with E-state index in [1.165, 1.54) is 16.8 Å². The van der Waals surface area contributed by atoms with Crippen LogP contribution in [-0.2, 0) is 13.0 Å². The molecule has 0 fully saturated rings. The third-order valence-electron chi connectivity index (χ3n) is 3.54. The van der Waals surface area contributed by atoms with Gasteiger partial charge in [-0.1, -0.05) is 28.9 Å². The molecule has 21 heavy (non-hydrogen) atoms. The Hall–Kier alpha value is -1.68. The topological polar surface area (TPSA) is 30.5 Å². The van der Waals surface area contributed by atoms with Gasteiger partial charge in [0.2, 0.25) is 0 Å². The van der Waals surface area contributed by atoms with Gasteiger partial charge < -0.3 is 14.8 Å². The molecule has 3 nitrogen and oxygen atoms in total. The lowest BCUT2D eigenvalue weighted by Crippen LogP contribution is -2.15. The molecule has 0 radical (unpaired) electrons. The van der Waals surface area contributed by atoms with Gasteiger partial charge in [-0.3, -0.25) is 0 Å². The number of rotatable bonds is 4. The molecular formula is C17H18BrNO2. The van der Waals surface area contributed by atoms with Crippen LogP contribution in [0.3, 0.4) is 0 Å². The van der Waals surface area contributed by atoms with Crippen LogP contribution in [0, 0.1) is 0 Å². The van der Waals surface area contributed by atoms with Crippen LogP contribution in [-0.4, -0.2) is 13.2 Å². The lowest BCUT2D eigenvalue weighted by molar-refractivity contribution is 0.171. The molecule has 0 aliphatic carbocycles. The Bertz CT molecular complexity index is 643. The van der Waals surface area contributed by atoms with Crippen molar-refractivity contribution in [3.63, 3.8) is 0 Å². The standard InChI is InChI=1S/C17H18BrNO2/c1-2-13-10-14(18)4-5-15(13)19-11-12-3-6-16-17(9-12)21-8-7-20-16/h3-6,9-10,19H,2,7-8,11H2,1H3. The van der Waals surface area contributed by atoms with Crippen LogP contribution in [0.1, 0.15) is 18.1 Å². The van der Waals surface area contributed by atoms with Gasteiger partial charge in [0.1, 0.15) is 13.2 Å². The molecule has 0 atom stereocenters. The van der Waals surface area contributed by atoms with Gasteiger partial charge in [-0.05, 0) is 47.9 Å². The number of fused-ring (bicyclic) bond motifs is 1. The summed E-state index contributed by atoms with van der Waals surface area (Å²) < 4.78 is 12.3. The summed E-state index contributed by atoms with van der Waals surface area (Å²) in [5.41, 5.74) is 3.67. The van der Waals surface area contributed by atoms with Crippen molar-refractivity contribution < 1.29 is 9.47 Å². The zero-order valence-electron chi connectivity index (χ0n) is 12.0. The predicted octanol–water partition coefficient (Wildman–Crippen LogP) is 4.39. The van der Waals surface area contributed by atoms with Crippen LogP contribution in [0.15, 0.2) is 40.9 Å². The van der Waals surface area contributed by atoms with E-state index in [-0.39, 0.29) is 0 Å². The van der Waals surface area contributed by atoms with Crippen molar-refractivity contribution in [3.05, 3.63) is 52.0 Å². The van der Waals surface area contributed by atoms with Gasteiger partial charge in [-0.2, -0.15) is 0 Å². The number of nitrogens with one attached hydrogen (secondary N) is 1. The number of hydrogen-bond acceptors (Lipinski definition) is 3. The van der Waals surface area contributed by atoms with Crippen LogP contribution < -0.4 is 14.8 Å². The van der Waals surface area contributed by atoms with E-state index in [0.29, 0.717) is 13.2 Å². The summed E-state index contributed by atoms with van der Waals surface area (Å²) in [5.74, 6) is 1.68. The highest BCUT2D eigenvalue weighted by molar-refractivity contribution is 9.10. The molecule has 1 aliphatic rings. The Morgan fingerprint density at radius 2 is 1.86 bits per heavy atom. The zero-order valence-corrected chi connectivity index (χ0v) is 13.6. The Labute approximate surface area is 133 Å². The fourth-order valence-electron chi connectivity index (χ4n) is 2.42. The molecule has 1 heterocycles. The van der Waals surface area contributed by atoms with Gasteiger partial charge in [0.15, 0.2) is 11.5 Å². The number of aryl methyl sites for hydroxylation is 1. The quantitative estimate of drug-likeness (QED) is 0.889. The predicted molar refractivity (Wildman–Crippen MR) is 88.3 cm³/mol. The van der Waals surface area contributed by atoms with E-state index in [9.17, 15) is 0 Å². The van der Waals surface area contributed by atoms with Crippen molar-refractivity contribution in [2.75, 3.05) is 18.5 Å². The van der Waals surface area contributed by atoms with E-state index in [4.69, 9.17) is 9.47 Å². The molecule has 0 aromatic heterocycles. The summed E-state index contributed by atoms with van der Waals surface area (Å²) in [6.07, 6.45) is 1.00. The average molecular weight is 348 g/mol. The minimum Gasteiger partial charge on any atom is -0.486 e. The molecule has 0 saturated heterocycles. The number of hydrogen-bond donors (Lipinski definition) is 1. The summed E-state index contributed by atoms with van der Waals surface area (Å²) in [7, 11) is 0. The van der Waals surface area contributed by atoms with Gasteiger partial charge in [0.05, 0.1) is 0 Å². The maximum Gasteiger partial charge on any atom is 0.161 e. The summed E-state index contributed by atoms with van der Waals surface area (Å²) in [5, 5.41) is 3.50. The second-order valence-electron chi connectivity index (χ2n) is 4.99. The van der Waals surface area contributed by atoms with Gasteiger partial charge in [-0.15, -0.1) is 0 Å². The van der Waals surface area contributed by atoms with Crippen molar-refractivity contribution in [3.8, 4) is 11.5 Å². The molecular weight excluding hydrogens is 330 g/mol. The molecule has 0 spiro atoms. The van der Waals surface area contributed by atoms with E-state index in [0.717, 1.165) is 28.9 Å². The monoisotopic (exact) mass is 347 g/mol. The van der Waals surface area contributed by atoms with Crippen molar-refractivity contribution >= 4 is 21.6 Å². The number of anilines is 1. The summed E-state index contributed by atoms with van der Waals surface area (Å²) in [6.45, 7) is 4.18. The molecule has 2 aromatic rings. The second kappa shape index (κ2) is 6.39. The van der Waals surface area contributed by atoms with Gasteiger partial charge >= 0.3 is 0 Å². The van der Waals surface area contributed by atoms with Crippen molar-refractivity contribution in [2.24, 2.45) is 0 Å². The average Bonchev–Trinajstić information content (AvgIpc) is 2.53. The summed E-state index contributed by atoms with van der Waals surface area (Å²) in [4.78, 5) is 0. The third kappa shape index (κ3) is 3.32. The molecule has 0 unspecified atom stereocenters. The van der Waals surface area contributed by atoms with Crippen LogP contribution >= 0.6 is 15.9 Å². The van der Waals surface area contributed by atoms with Crippen LogP contribution in [0.5, 0.6) is 11.5 Å². The minimum absolute atomic E-state index is 0.622. The number of halogens is 1. The zero-order chi connectivity index (χ0) is 14.7. The largest absolute Gasteiger partial charge is 0.486 e. The highest BCUT2D eigenvalue weighted by Crippen LogP contribution is 2.31. The SMILES string of the molecule is CCc1cc(Br)ccc1NCc1ccc2c(c1)OCCO2. The van der Waals surface area contributed by atoms with E-state index in [1.54, 1.807) is 0 Å². The normalized spacial score (nSPS) is 13.0. The molecule has 1 N–H and O–H groups in total. The lowest BCUT2D eigenvalue weighted by atomic mass is 10.1. The Morgan fingerprint density at radius 1 is 1.05 bits per heavy atom. The Morgan fingerprint density at radius 3 is 2.67 bits per heavy atom. The molecule has 0 saturated carbocycles. The number of ether oxygens (including phenoxy) is 2. The van der Waals surface area contributed by atoms with Crippen molar-refractivity contribution in [2.45, 2.75) is 19.9 Å². The van der Waals surface area contributed by atoms with Gasteiger partial charge in [-0.25, -0.2) is 0 Å². The molecule has 4 heteroatoms. The molecule has 110 valence electrons. The van der Waals surface area contributed by atoms with Gasteiger partial charge in [0.25, 0.3) is 0 Å².